The molecule has 10 heteroatoms. The van der Waals surface area contributed by atoms with E-state index in [1.165, 1.54) is 17.1 Å². The lowest BCUT2D eigenvalue weighted by atomic mass is 9.67. The number of nitrogens with one attached hydrogen (secondary N) is 3. The Morgan fingerprint density at radius 2 is 2.19 bits per heavy atom. The van der Waals surface area contributed by atoms with Gasteiger partial charge in [0.05, 0.1) is 5.69 Å². The van der Waals surface area contributed by atoms with Crippen LogP contribution in [-0.4, -0.2) is 40.8 Å². The van der Waals surface area contributed by atoms with E-state index in [9.17, 15) is 9.59 Å². The van der Waals surface area contributed by atoms with Gasteiger partial charge in [0.25, 0.3) is 5.56 Å². The summed E-state index contributed by atoms with van der Waals surface area (Å²) in [6.07, 6.45) is 4.36. The van der Waals surface area contributed by atoms with Gasteiger partial charge in [0.1, 0.15) is 23.4 Å². The van der Waals surface area contributed by atoms with Crippen molar-refractivity contribution in [3.63, 3.8) is 0 Å². The summed E-state index contributed by atoms with van der Waals surface area (Å²) in [6.45, 7) is 3.73. The summed E-state index contributed by atoms with van der Waals surface area (Å²) in [5.74, 6) is 1.10. The maximum absolute atomic E-state index is 13.1. The average Bonchev–Trinajstić information content (AvgIpc) is 3.23. The second-order valence-electron chi connectivity index (χ2n) is 6.72. The minimum atomic E-state index is -0.717. The third kappa shape index (κ3) is 2.92. The van der Waals surface area contributed by atoms with Crippen LogP contribution in [-0.2, 0) is 16.6 Å². The minimum absolute atomic E-state index is 0.180. The molecule has 0 radical (unpaired) electrons. The number of nitrogens with zero attached hydrogens (tertiary/aromatic N) is 5. The Balaban J connectivity index is 1.69. The van der Waals surface area contributed by atoms with Crippen molar-refractivity contribution in [1.82, 2.24) is 34.9 Å². The molecule has 140 valence electrons. The fourth-order valence-electron chi connectivity index (χ4n) is 3.30. The van der Waals surface area contributed by atoms with Crippen molar-refractivity contribution in [3.05, 3.63) is 46.0 Å². The highest BCUT2D eigenvalue weighted by molar-refractivity contribution is 5.98. The van der Waals surface area contributed by atoms with Gasteiger partial charge in [-0.1, -0.05) is 13.3 Å². The number of carbonyl (C=O) groups is 1. The second kappa shape index (κ2) is 6.45. The van der Waals surface area contributed by atoms with Gasteiger partial charge in [-0.05, 0) is 26.2 Å². The monoisotopic (exact) mass is 368 g/mol. The van der Waals surface area contributed by atoms with Gasteiger partial charge < -0.3 is 5.32 Å². The van der Waals surface area contributed by atoms with E-state index in [0.29, 0.717) is 42.3 Å². The predicted octanol–water partition coefficient (Wildman–Crippen LogP) is 1.00. The van der Waals surface area contributed by atoms with E-state index in [0.717, 1.165) is 6.42 Å². The Kier molecular flexibility index (Phi) is 4.09. The number of aromatic nitrogens is 7. The van der Waals surface area contributed by atoms with Gasteiger partial charge in [-0.3, -0.25) is 19.7 Å². The number of H-pyrrole nitrogens is 2. The molecule has 0 bridgehead atoms. The quantitative estimate of drug-likeness (QED) is 0.615. The van der Waals surface area contributed by atoms with Crippen molar-refractivity contribution in [1.29, 1.82) is 0 Å². The molecule has 3 N–H and O–H groups in total. The van der Waals surface area contributed by atoms with Crippen LogP contribution in [0.3, 0.4) is 0 Å². The lowest BCUT2D eigenvalue weighted by Gasteiger charge is -2.37. The molecule has 4 rings (SSSR count). The molecule has 10 nitrogen and oxygen atoms in total. The van der Waals surface area contributed by atoms with Gasteiger partial charge >= 0.3 is 0 Å². The molecule has 0 saturated heterocycles. The predicted molar refractivity (Wildman–Crippen MR) is 96.6 cm³/mol. The first kappa shape index (κ1) is 17.1. The van der Waals surface area contributed by atoms with Crippen LogP contribution in [0.4, 0.5) is 5.82 Å². The molecule has 0 aliphatic heterocycles. The molecule has 0 spiro atoms. The van der Waals surface area contributed by atoms with E-state index >= 15 is 0 Å². The second-order valence-corrected chi connectivity index (χ2v) is 6.72. The molecule has 1 saturated carbocycles. The van der Waals surface area contributed by atoms with Gasteiger partial charge in [-0.2, -0.15) is 14.9 Å². The van der Waals surface area contributed by atoms with Crippen molar-refractivity contribution in [2.75, 3.05) is 5.32 Å². The Bertz CT molecular complexity index is 1030. The summed E-state index contributed by atoms with van der Waals surface area (Å²) in [5, 5.41) is 14.0. The Morgan fingerprint density at radius 1 is 1.37 bits per heavy atom. The minimum Gasteiger partial charge on any atom is -0.310 e. The van der Waals surface area contributed by atoms with Crippen molar-refractivity contribution in [2.24, 2.45) is 0 Å². The smallest absolute Gasteiger partial charge is 0.252 e. The average molecular weight is 368 g/mol. The summed E-state index contributed by atoms with van der Waals surface area (Å²) >= 11 is 0. The molecule has 1 aliphatic carbocycles. The highest BCUT2D eigenvalue weighted by Crippen LogP contribution is 2.42. The molecule has 27 heavy (non-hydrogen) atoms. The third-order valence-electron chi connectivity index (χ3n) is 4.93. The summed E-state index contributed by atoms with van der Waals surface area (Å²) in [4.78, 5) is 36.2. The zero-order chi connectivity index (χ0) is 19.0. The largest absolute Gasteiger partial charge is 0.310 e. The number of anilines is 1. The third-order valence-corrected chi connectivity index (χ3v) is 4.93. The molecule has 1 aliphatic rings. The Morgan fingerprint density at radius 3 is 2.81 bits per heavy atom. The van der Waals surface area contributed by atoms with Crippen molar-refractivity contribution in [2.45, 2.75) is 44.9 Å². The van der Waals surface area contributed by atoms with E-state index in [1.54, 1.807) is 6.07 Å². The first-order valence-electron chi connectivity index (χ1n) is 8.86. The SMILES string of the molecule is CCc1cc(=O)[nH]c(-n2nc(C)cc2NC(=O)C2(c3ncn[nH]3)CCC2)n1. The van der Waals surface area contributed by atoms with Crippen LogP contribution in [0.25, 0.3) is 5.95 Å². The van der Waals surface area contributed by atoms with Crippen molar-refractivity contribution >= 4 is 11.7 Å². The van der Waals surface area contributed by atoms with Crippen LogP contribution < -0.4 is 10.9 Å². The molecule has 3 heterocycles. The standard InChI is InChI=1S/C17H20N8O2/c1-3-11-8-13(26)22-16(20-11)25-12(7-10(2)24-25)21-15(27)17(5-4-6-17)14-18-9-19-23-14/h7-9H,3-6H2,1-2H3,(H,21,27)(H,18,19,23)(H,20,22,26). The van der Waals surface area contributed by atoms with Gasteiger partial charge in [-0.15, -0.1) is 0 Å². The van der Waals surface area contributed by atoms with Crippen LogP contribution in [0.15, 0.2) is 23.3 Å². The molecule has 0 unspecified atom stereocenters. The number of aromatic amines is 2. The normalized spacial score (nSPS) is 15.3. The van der Waals surface area contributed by atoms with Gasteiger partial charge in [0.15, 0.2) is 0 Å². The Labute approximate surface area is 154 Å². The summed E-state index contributed by atoms with van der Waals surface area (Å²) in [6, 6.07) is 3.19. The van der Waals surface area contributed by atoms with Crippen LogP contribution in [0.2, 0.25) is 0 Å². The zero-order valence-electron chi connectivity index (χ0n) is 15.1. The highest BCUT2D eigenvalue weighted by atomic mass is 16.2. The van der Waals surface area contributed by atoms with Crippen LogP contribution in [0.1, 0.15) is 43.4 Å². The lowest BCUT2D eigenvalue weighted by molar-refractivity contribution is -0.124. The van der Waals surface area contributed by atoms with Crippen LogP contribution in [0.5, 0.6) is 0 Å². The fourth-order valence-corrected chi connectivity index (χ4v) is 3.30. The first-order valence-corrected chi connectivity index (χ1v) is 8.86. The number of carbonyl (C=O) groups excluding carboxylic acids is 1. The number of aryl methyl sites for hydroxylation is 2. The van der Waals surface area contributed by atoms with E-state index in [1.807, 2.05) is 13.8 Å². The maximum Gasteiger partial charge on any atom is 0.252 e. The number of hydrogen-bond acceptors (Lipinski definition) is 6. The topological polar surface area (TPSA) is 134 Å². The van der Waals surface area contributed by atoms with Gasteiger partial charge in [0, 0.05) is 17.8 Å². The summed E-state index contributed by atoms with van der Waals surface area (Å²) in [5.41, 5.74) is 0.360. The first-order chi connectivity index (χ1) is 13.0. The molecular formula is C17H20N8O2. The lowest BCUT2D eigenvalue weighted by Crippen LogP contribution is -2.47. The van der Waals surface area contributed by atoms with Gasteiger partial charge in [-0.25, -0.2) is 9.97 Å². The van der Waals surface area contributed by atoms with Gasteiger partial charge in [0.2, 0.25) is 11.9 Å². The molecule has 1 amide bonds. The molecule has 0 aromatic carbocycles. The maximum atomic E-state index is 13.1. The van der Waals surface area contributed by atoms with E-state index in [4.69, 9.17) is 0 Å². The number of rotatable bonds is 5. The van der Waals surface area contributed by atoms with Crippen molar-refractivity contribution in [3.8, 4) is 5.95 Å². The fraction of sp³-hybridized carbons (Fsp3) is 0.412. The Hall–Kier alpha value is -3.30. The van der Waals surface area contributed by atoms with Crippen LogP contribution in [0, 0.1) is 6.92 Å². The summed E-state index contributed by atoms with van der Waals surface area (Å²) < 4.78 is 1.44. The molecular weight excluding hydrogens is 348 g/mol. The molecule has 1 fully saturated rings. The zero-order valence-corrected chi connectivity index (χ0v) is 15.1. The van der Waals surface area contributed by atoms with E-state index < -0.39 is 5.41 Å². The van der Waals surface area contributed by atoms with E-state index in [2.05, 4.69) is 35.6 Å². The highest BCUT2D eigenvalue weighted by Gasteiger charge is 2.48. The number of amides is 1. The number of hydrogen-bond donors (Lipinski definition) is 3. The van der Waals surface area contributed by atoms with Crippen LogP contribution >= 0.6 is 0 Å². The molecule has 0 atom stereocenters. The van der Waals surface area contributed by atoms with E-state index in [-0.39, 0.29) is 17.4 Å². The van der Waals surface area contributed by atoms with Crippen molar-refractivity contribution < 1.29 is 4.79 Å². The molecule has 3 aromatic heterocycles. The summed E-state index contributed by atoms with van der Waals surface area (Å²) in [7, 11) is 0. The molecule has 3 aromatic rings.